The molecule has 3 rings (SSSR count). The average Bonchev–Trinajstić information content (AvgIpc) is 3.08. The van der Waals surface area contributed by atoms with E-state index in [1.807, 2.05) is 0 Å². The van der Waals surface area contributed by atoms with Gasteiger partial charge in [0.2, 0.25) is 0 Å². The predicted molar refractivity (Wildman–Crippen MR) is 78.2 cm³/mol. The Labute approximate surface area is 116 Å². The van der Waals surface area contributed by atoms with Crippen LogP contribution in [0.2, 0.25) is 0 Å². The van der Waals surface area contributed by atoms with E-state index in [1.165, 1.54) is 42.4 Å². The molecule has 0 amide bonds. The van der Waals surface area contributed by atoms with E-state index >= 15 is 0 Å². The van der Waals surface area contributed by atoms with Gasteiger partial charge in [-0.2, -0.15) is 0 Å². The van der Waals surface area contributed by atoms with Crippen molar-refractivity contribution in [2.45, 2.75) is 51.3 Å². The highest BCUT2D eigenvalue weighted by molar-refractivity contribution is 6.21. The van der Waals surface area contributed by atoms with E-state index in [0.29, 0.717) is 5.38 Å². The summed E-state index contributed by atoms with van der Waals surface area (Å²) in [7, 11) is 0. The first-order chi connectivity index (χ1) is 8.66. The van der Waals surface area contributed by atoms with Crippen molar-refractivity contribution in [3.8, 4) is 0 Å². The summed E-state index contributed by atoms with van der Waals surface area (Å²) in [5.41, 5.74) is 4.21. The molecule has 18 heavy (non-hydrogen) atoms. The lowest BCUT2D eigenvalue weighted by molar-refractivity contribution is 0.480. The third-order valence-electron chi connectivity index (χ3n) is 5.06. The Morgan fingerprint density at radius 3 is 2.50 bits per heavy atom. The summed E-state index contributed by atoms with van der Waals surface area (Å²) < 4.78 is 0. The molecule has 3 unspecified atom stereocenters. The molecule has 2 saturated carbocycles. The summed E-state index contributed by atoms with van der Waals surface area (Å²) in [6, 6.07) is 6.74. The first-order valence-corrected chi connectivity index (χ1v) is 7.80. The maximum Gasteiger partial charge on any atom is 0.0410 e. The Balaban J connectivity index is 1.67. The fourth-order valence-corrected chi connectivity index (χ4v) is 4.49. The van der Waals surface area contributed by atoms with E-state index in [1.54, 1.807) is 0 Å². The zero-order chi connectivity index (χ0) is 12.7. The normalized spacial score (nSPS) is 31.8. The van der Waals surface area contributed by atoms with Crippen molar-refractivity contribution >= 4 is 11.6 Å². The van der Waals surface area contributed by atoms with Crippen molar-refractivity contribution in [3.63, 3.8) is 0 Å². The summed E-state index contributed by atoms with van der Waals surface area (Å²) in [5, 5.41) is 0.360. The molecular weight excluding hydrogens is 240 g/mol. The van der Waals surface area contributed by atoms with Crippen LogP contribution in [0.1, 0.15) is 42.4 Å². The SMILES string of the molecule is Cc1ccc(C)c(CC(Cl)C2C3CCCCC32)c1. The van der Waals surface area contributed by atoms with Gasteiger partial charge in [0.1, 0.15) is 0 Å². The topological polar surface area (TPSA) is 0 Å². The van der Waals surface area contributed by atoms with Crippen molar-refractivity contribution in [1.82, 2.24) is 0 Å². The van der Waals surface area contributed by atoms with Gasteiger partial charge >= 0.3 is 0 Å². The molecule has 0 heterocycles. The minimum Gasteiger partial charge on any atom is -0.122 e. The molecular formula is C17H23Cl. The minimum absolute atomic E-state index is 0.360. The Morgan fingerprint density at radius 2 is 1.83 bits per heavy atom. The van der Waals surface area contributed by atoms with Gasteiger partial charge in [-0.1, -0.05) is 36.6 Å². The van der Waals surface area contributed by atoms with E-state index in [9.17, 15) is 0 Å². The van der Waals surface area contributed by atoms with E-state index in [0.717, 1.165) is 24.2 Å². The fraction of sp³-hybridized carbons (Fsp3) is 0.647. The van der Waals surface area contributed by atoms with Gasteiger partial charge in [-0.05, 0) is 62.0 Å². The standard InChI is InChI=1S/C17H23Cl/c1-11-7-8-12(2)13(9-11)10-16(18)17-14-5-3-4-6-15(14)17/h7-9,14-17H,3-6,10H2,1-2H3. The number of hydrogen-bond donors (Lipinski definition) is 0. The number of halogens is 1. The van der Waals surface area contributed by atoms with Crippen LogP contribution < -0.4 is 0 Å². The van der Waals surface area contributed by atoms with Gasteiger partial charge in [0.05, 0.1) is 0 Å². The Bertz CT molecular complexity index is 425. The molecule has 0 nitrogen and oxygen atoms in total. The maximum atomic E-state index is 6.71. The van der Waals surface area contributed by atoms with Crippen LogP contribution in [-0.2, 0) is 6.42 Å². The second-order valence-electron chi connectivity index (χ2n) is 6.34. The van der Waals surface area contributed by atoms with Crippen LogP contribution in [0.5, 0.6) is 0 Å². The molecule has 0 aromatic heterocycles. The van der Waals surface area contributed by atoms with Crippen LogP contribution >= 0.6 is 11.6 Å². The number of rotatable bonds is 3. The van der Waals surface area contributed by atoms with E-state index < -0.39 is 0 Å². The van der Waals surface area contributed by atoms with Crippen molar-refractivity contribution in [2.75, 3.05) is 0 Å². The van der Waals surface area contributed by atoms with Crippen molar-refractivity contribution in [3.05, 3.63) is 34.9 Å². The molecule has 0 aliphatic heterocycles. The van der Waals surface area contributed by atoms with Crippen molar-refractivity contribution < 1.29 is 0 Å². The number of alkyl halides is 1. The minimum atomic E-state index is 0.360. The molecule has 0 N–H and O–H groups in total. The summed E-state index contributed by atoms with van der Waals surface area (Å²) in [6.45, 7) is 4.38. The lowest BCUT2D eigenvalue weighted by Crippen LogP contribution is -2.09. The number of benzene rings is 1. The lowest BCUT2D eigenvalue weighted by Gasteiger charge is -2.12. The second-order valence-corrected chi connectivity index (χ2v) is 6.90. The first-order valence-electron chi connectivity index (χ1n) is 7.37. The Hall–Kier alpha value is -0.490. The number of aryl methyl sites for hydroxylation is 2. The number of fused-ring (bicyclic) bond motifs is 1. The molecule has 3 atom stereocenters. The fourth-order valence-electron chi connectivity index (χ4n) is 3.95. The molecule has 2 aliphatic carbocycles. The lowest BCUT2D eigenvalue weighted by atomic mass is 9.99. The van der Waals surface area contributed by atoms with Crippen LogP contribution in [0.15, 0.2) is 18.2 Å². The summed E-state index contributed by atoms with van der Waals surface area (Å²) in [6.07, 6.45) is 6.80. The Morgan fingerprint density at radius 1 is 1.17 bits per heavy atom. The third kappa shape index (κ3) is 2.32. The molecule has 2 fully saturated rings. The smallest absolute Gasteiger partial charge is 0.0410 e. The highest BCUT2D eigenvalue weighted by Gasteiger charge is 2.53. The van der Waals surface area contributed by atoms with Gasteiger partial charge in [0.15, 0.2) is 0 Å². The van der Waals surface area contributed by atoms with Gasteiger partial charge in [-0.3, -0.25) is 0 Å². The molecule has 1 aromatic carbocycles. The maximum absolute atomic E-state index is 6.71. The van der Waals surface area contributed by atoms with Gasteiger partial charge in [0, 0.05) is 5.38 Å². The van der Waals surface area contributed by atoms with E-state index in [2.05, 4.69) is 32.0 Å². The first kappa shape index (κ1) is 12.5. The zero-order valence-corrected chi connectivity index (χ0v) is 12.2. The molecule has 1 heteroatoms. The molecule has 2 aliphatic rings. The van der Waals surface area contributed by atoms with Crippen LogP contribution in [0.3, 0.4) is 0 Å². The molecule has 0 saturated heterocycles. The van der Waals surface area contributed by atoms with E-state index in [-0.39, 0.29) is 0 Å². The van der Waals surface area contributed by atoms with Gasteiger partial charge in [-0.25, -0.2) is 0 Å². The zero-order valence-electron chi connectivity index (χ0n) is 11.5. The average molecular weight is 263 g/mol. The summed E-state index contributed by atoms with van der Waals surface area (Å²) >= 11 is 6.71. The highest BCUT2D eigenvalue weighted by atomic mass is 35.5. The van der Waals surface area contributed by atoms with Gasteiger partial charge < -0.3 is 0 Å². The van der Waals surface area contributed by atoms with Crippen LogP contribution in [0.4, 0.5) is 0 Å². The summed E-state index contributed by atoms with van der Waals surface area (Å²) in [4.78, 5) is 0. The van der Waals surface area contributed by atoms with Crippen molar-refractivity contribution in [1.29, 1.82) is 0 Å². The predicted octanol–water partition coefficient (Wildman–Crippen LogP) is 4.89. The monoisotopic (exact) mass is 262 g/mol. The van der Waals surface area contributed by atoms with Gasteiger partial charge in [-0.15, -0.1) is 11.6 Å². The summed E-state index contributed by atoms with van der Waals surface area (Å²) in [5.74, 6) is 2.74. The molecule has 0 spiro atoms. The third-order valence-corrected chi connectivity index (χ3v) is 5.51. The molecule has 0 bridgehead atoms. The van der Waals surface area contributed by atoms with Crippen LogP contribution in [0, 0.1) is 31.6 Å². The quantitative estimate of drug-likeness (QED) is 0.681. The van der Waals surface area contributed by atoms with Gasteiger partial charge in [0.25, 0.3) is 0 Å². The van der Waals surface area contributed by atoms with Crippen LogP contribution in [0.25, 0.3) is 0 Å². The molecule has 1 aromatic rings. The van der Waals surface area contributed by atoms with Crippen LogP contribution in [-0.4, -0.2) is 5.38 Å². The van der Waals surface area contributed by atoms with E-state index in [4.69, 9.17) is 11.6 Å². The Kier molecular flexibility index (Phi) is 3.40. The largest absolute Gasteiger partial charge is 0.122 e. The molecule has 0 radical (unpaired) electrons. The number of hydrogen-bond acceptors (Lipinski definition) is 0. The molecule has 98 valence electrons. The second kappa shape index (κ2) is 4.89. The van der Waals surface area contributed by atoms with Crippen molar-refractivity contribution in [2.24, 2.45) is 17.8 Å². The highest BCUT2D eigenvalue weighted by Crippen LogP contribution is 2.58.